The predicted molar refractivity (Wildman–Crippen MR) is 111 cm³/mol. The van der Waals surface area contributed by atoms with Crippen LogP contribution >= 0.6 is 0 Å². The molecule has 0 spiro atoms. The maximum Gasteiger partial charge on any atom is 0.573 e. The Morgan fingerprint density at radius 1 is 1.03 bits per heavy atom. The van der Waals surface area contributed by atoms with E-state index in [4.69, 9.17) is 5.73 Å². The van der Waals surface area contributed by atoms with Crippen LogP contribution in [0.3, 0.4) is 0 Å². The lowest BCUT2D eigenvalue weighted by Gasteiger charge is -2.32. The van der Waals surface area contributed by atoms with Gasteiger partial charge in [0.25, 0.3) is 0 Å². The third-order valence-corrected chi connectivity index (χ3v) is 4.83. The van der Waals surface area contributed by atoms with Gasteiger partial charge >= 0.3 is 6.36 Å². The minimum Gasteiger partial charge on any atom is -0.404 e. The second-order valence-electron chi connectivity index (χ2n) is 7.27. The summed E-state index contributed by atoms with van der Waals surface area (Å²) in [5.41, 5.74) is 8.13. The number of piperazine rings is 1. The first kappa shape index (κ1) is 21.9. The van der Waals surface area contributed by atoms with Crippen molar-refractivity contribution in [1.29, 1.82) is 0 Å². The summed E-state index contributed by atoms with van der Waals surface area (Å²) in [5.74, 6) is -0.355. The second kappa shape index (κ2) is 9.82. The van der Waals surface area contributed by atoms with E-state index in [0.29, 0.717) is 6.54 Å². The molecule has 9 heteroatoms. The van der Waals surface area contributed by atoms with E-state index in [1.165, 1.54) is 23.8 Å². The number of nitrogens with zero attached hydrogens (tertiary/aromatic N) is 3. The number of nitrogens with one attached hydrogen (secondary N) is 1. The zero-order valence-electron chi connectivity index (χ0n) is 16.8. The molecule has 0 unspecified atom stereocenters. The maximum absolute atomic E-state index is 12.5. The third-order valence-electron chi connectivity index (χ3n) is 4.83. The number of hydrogen-bond acceptors (Lipinski definition) is 4. The molecule has 1 aliphatic rings. The molecule has 1 aliphatic heterocycles. The van der Waals surface area contributed by atoms with E-state index in [0.717, 1.165) is 38.3 Å². The molecule has 1 fully saturated rings. The van der Waals surface area contributed by atoms with E-state index in [1.807, 2.05) is 12.1 Å². The van der Waals surface area contributed by atoms with Crippen LogP contribution in [0.2, 0.25) is 0 Å². The Bertz CT molecular complexity index is 846. The molecule has 1 heterocycles. The lowest BCUT2D eigenvalue weighted by molar-refractivity contribution is -0.274. The summed E-state index contributed by atoms with van der Waals surface area (Å²) >= 11 is 0. The molecule has 0 aliphatic carbocycles. The Hall–Kier alpha value is -2.78. The van der Waals surface area contributed by atoms with Crippen LogP contribution in [0.4, 0.5) is 18.9 Å². The molecular weight excluding hydrogens is 395 g/mol. The number of hydrogen-bond donors (Lipinski definition) is 2. The highest BCUT2D eigenvalue weighted by Gasteiger charge is 2.32. The van der Waals surface area contributed by atoms with E-state index < -0.39 is 6.36 Å². The monoisotopic (exact) mass is 421 g/mol. The van der Waals surface area contributed by atoms with E-state index in [2.05, 4.69) is 44.0 Å². The fourth-order valence-corrected chi connectivity index (χ4v) is 3.15. The number of rotatable bonds is 6. The highest BCUT2D eigenvalue weighted by atomic mass is 19.4. The largest absolute Gasteiger partial charge is 0.573 e. The van der Waals surface area contributed by atoms with Gasteiger partial charge in [0.2, 0.25) is 0 Å². The first-order chi connectivity index (χ1) is 14.3. The van der Waals surface area contributed by atoms with Gasteiger partial charge in [0, 0.05) is 32.7 Å². The van der Waals surface area contributed by atoms with Gasteiger partial charge in [-0.25, -0.2) is 4.99 Å². The minimum atomic E-state index is -4.78. The number of alkyl halides is 3. The third kappa shape index (κ3) is 6.93. The summed E-state index contributed by atoms with van der Waals surface area (Å²) in [6.45, 7) is 5.51. The van der Waals surface area contributed by atoms with Crippen LogP contribution < -0.4 is 15.8 Å². The topological polar surface area (TPSA) is 66.1 Å². The number of benzene rings is 2. The molecule has 0 atom stereocenters. The zero-order valence-corrected chi connectivity index (χ0v) is 16.8. The number of halogens is 3. The lowest BCUT2D eigenvalue weighted by atomic mass is 10.1. The van der Waals surface area contributed by atoms with Gasteiger partial charge in [-0.15, -0.1) is 13.2 Å². The van der Waals surface area contributed by atoms with Crippen molar-refractivity contribution in [2.75, 3.05) is 38.5 Å². The summed E-state index contributed by atoms with van der Waals surface area (Å²) in [6, 6.07) is 13.8. The molecule has 2 aromatic rings. The number of likely N-dealkylation sites (N-methyl/N-ethyl adjacent to an activating group) is 1. The molecule has 3 N–H and O–H groups in total. The average molecular weight is 421 g/mol. The lowest BCUT2D eigenvalue weighted by Crippen LogP contribution is -2.43. The highest BCUT2D eigenvalue weighted by molar-refractivity contribution is 5.93. The Morgan fingerprint density at radius 2 is 1.67 bits per heavy atom. The van der Waals surface area contributed by atoms with Crippen LogP contribution in [-0.2, 0) is 13.1 Å². The molecule has 0 radical (unpaired) electrons. The number of nitrogens with two attached hydrogens (primary N) is 1. The van der Waals surface area contributed by atoms with Gasteiger partial charge in [-0.1, -0.05) is 36.4 Å². The molecule has 0 aromatic heterocycles. The van der Waals surface area contributed by atoms with E-state index in [1.54, 1.807) is 6.07 Å². The maximum atomic E-state index is 12.5. The van der Waals surface area contributed by atoms with Crippen LogP contribution in [0.5, 0.6) is 5.75 Å². The predicted octanol–water partition coefficient (Wildman–Crippen LogP) is 3.26. The summed E-state index contributed by atoms with van der Waals surface area (Å²) < 4.78 is 41.5. The molecule has 0 amide bonds. The highest BCUT2D eigenvalue weighted by Crippen LogP contribution is 2.29. The van der Waals surface area contributed by atoms with Crippen LogP contribution in [-0.4, -0.2) is 55.3 Å². The van der Waals surface area contributed by atoms with Gasteiger partial charge in [-0.3, -0.25) is 4.90 Å². The number of ether oxygens (including phenoxy) is 1. The number of aliphatic imine (C=N–C) groups is 1. The normalized spacial score (nSPS) is 16.5. The van der Waals surface area contributed by atoms with Crippen molar-refractivity contribution in [1.82, 2.24) is 9.80 Å². The average Bonchev–Trinajstić information content (AvgIpc) is 2.70. The summed E-state index contributed by atoms with van der Waals surface area (Å²) in [5, 5.41) is 2.66. The second-order valence-corrected chi connectivity index (χ2v) is 7.27. The molecule has 162 valence electrons. The van der Waals surface area contributed by atoms with Gasteiger partial charge in [0.1, 0.15) is 0 Å². The fourth-order valence-electron chi connectivity index (χ4n) is 3.15. The minimum absolute atomic E-state index is 0.00902. The smallest absolute Gasteiger partial charge is 0.404 e. The molecule has 1 saturated heterocycles. The summed E-state index contributed by atoms with van der Waals surface area (Å²) in [4.78, 5) is 8.96. The van der Waals surface area contributed by atoms with Crippen LogP contribution in [0, 0.1) is 0 Å². The fraction of sp³-hybridized carbons (Fsp3) is 0.381. The molecule has 0 saturated carbocycles. The van der Waals surface area contributed by atoms with Crippen LogP contribution in [0.25, 0.3) is 0 Å². The van der Waals surface area contributed by atoms with Crippen molar-refractivity contribution >= 4 is 11.6 Å². The molecular formula is C21H26F3N5O. The van der Waals surface area contributed by atoms with Crippen molar-refractivity contribution in [2.24, 2.45) is 10.7 Å². The first-order valence-electron chi connectivity index (χ1n) is 9.69. The Labute approximate surface area is 174 Å². The van der Waals surface area contributed by atoms with Crippen molar-refractivity contribution in [3.63, 3.8) is 0 Å². The van der Waals surface area contributed by atoms with E-state index in [9.17, 15) is 13.2 Å². The number of anilines is 1. The van der Waals surface area contributed by atoms with Gasteiger partial charge < -0.3 is 20.7 Å². The number of guanidine groups is 1. The Kier molecular flexibility index (Phi) is 7.17. The SMILES string of the molecule is CN1CCN(Cc2ccc(CN=C(N)Nc3ccccc3OC(F)(F)F)cc2)CC1. The van der Waals surface area contributed by atoms with Gasteiger partial charge in [-0.2, -0.15) is 0 Å². The Morgan fingerprint density at radius 3 is 2.33 bits per heavy atom. The summed E-state index contributed by atoms with van der Waals surface area (Å²) in [6.07, 6.45) is -4.78. The van der Waals surface area contributed by atoms with Gasteiger partial charge in [0.05, 0.1) is 12.2 Å². The van der Waals surface area contributed by atoms with Crippen molar-refractivity contribution in [2.45, 2.75) is 19.5 Å². The van der Waals surface area contributed by atoms with Gasteiger partial charge in [0.15, 0.2) is 11.7 Å². The van der Waals surface area contributed by atoms with Crippen molar-refractivity contribution < 1.29 is 17.9 Å². The van der Waals surface area contributed by atoms with Gasteiger partial charge in [-0.05, 0) is 30.3 Å². The standard InChI is InChI=1S/C21H26F3N5O/c1-28-10-12-29(13-11-28)15-17-8-6-16(7-9-17)14-26-20(25)27-18-4-2-3-5-19(18)30-21(22,23)24/h2-9H,10-15H2,1H3,(H3,25,26,27). The first-order valence-corrected chi connectivity index (χ1v) is 9.69. The van der Waals surface area contributed by atoms with E-state index in [-0.39, 0.29) is 17.4 Å². The quantitative estimate of drug-likeness (QED) is 0.554. The van der Waals surface area contributed by atoms with Crippen molar-refractivity contribution in [3.8, 4) is 5.75 Å². The summed E-state index contributed by atoms with van der Waals surface area (Å²) in [7, 11) is 2.13. The molecule has 0 bridgehead atoms. The molecule has 30 heavy (non-hydrogen) atoms. The van der Waals surface area contributed by atoms with Crippen LogP contribution in [0.15, 0.2) is 53.5 Å². The number of para-hydroxylation sites is 2. The Balaban J connectivity index is 1.54. The van der Waals surface area contributed by atoms with Crippen LogP contribution in [0.1, 0.15) is 11.1 Å². The molecule has 3 rings (SSSR count). The van der Waals surface area contributed by atoms with Crippen molar-refractivity contribution in [3.05, 3.63) is 59.7 Å². The molecule has 6 nitrogen and oxygen atoms in total. The van der Waals surface area contributed by atoms with E-state index >= 15 is 0 Å². The zero-order chi connectivity index (χ0) is 21.6. The molecule has 2 aromatic carbocycles.